The van der Waals surface area contributed by atoms with Gasteiger partial charge in [-0.3, -0.25) is 4.79 Å². The molecule has 0 saturated carbocycles. The van der Waals surface area contributed by atoms with Crippen molar-refractivity contribution in [2.24, 2.45) is 0 Å². The number of fused-ring (bicyclic) bond motifs is 3. The Hall–Kier alpha value is -2.75. The standard InChI is InChI=1S/C25H30N2O2/c1-4-5-8-17-29-20-13-11-19(12-14-20)15-16-25-24(2,3)21-9-6-7-10-22(21)27(25)18-23(28)26-25/h6-7,9-16H,4-5,8,17-18H2,1-3H3,(H,26,28)/b16-15+/t25-/m0/s1. The van der Waals surface area contributed by atoms with E-state index in [0.717, 1.165) is 30.0 Å². The minimum Gasteiger partial charge on any atom is -0.494 e. The number of para-hydroxylation sites is 1. The molecule has 2 aromatic carbocycles. The van der Waals surface area contributed by atoms with Gasteiger partial charge in [-0.05, 0) is 41.8 Å². The molecule has 1 N–H and O–H groups in total. The zero-order valence-corrected chi connectivity index (χ0v) is 17.6. The Bertz CT molecular complexity index is 917. The largest absolute Gasteiger partial charge is 0.494 e. The Morgan fingerprint density at radius 2 is 1.86 bits per heavy atom. The molecular weight excluding hydrogens is 360 g/mol. The molecule has 0 spiro atoms. The first kappa shape index (κ1) is 19.6. The first-order chi connectivity index (χ1) is 14.0. The summed E-state index contributed by atoms with van der Waals surface area (Å²) in [5.74, 6) is 0.967. The Labute approximate surface area is 173 Å². The molecule has 2 aliphatic heterocycles. The number of hydrogen-bond acceptors (Lipinski definition) is 3. The molecule has 1 saturated heterocycles. The molecule has 4 nitrogen and oxygen atoms in total. The molecule has 0 aromatic heterocycles. The fourth-order valence-electron chi connectivity index (χ4n) is 4.57. The Kier molecular flexibility index (Phi) is 5.12. The zero-order valence-electron chi connectivity index (χ0n) is 17.6. The summed E-state index contributed by atoms with van der Waals surface area (Å²) in [4.78, 5) is 14.6. The van der Waals surface area contributed by atoms with E-state index in [-0.39, 0.29) is 11.3 Å². The van der Waals surface area contributed by atoms with Crippen LogP contribution in [0.1, 0.15) is 51.2 Å². The third-order valence-electron chi connectivity index (χ3n) is 6.29. The van der Waals surface area contributed by atoms with Gasteiger partial charge in [0.05, 0.1) is 13.2 Å². The topological polar surface area (TPSA) is 41.6 Å². The van der Waals surface area contributed by atoms with Crippen molar-refractivity contribution in [1.29, 1.82) is 0 Å². The molecule has 4 heteroatoms. The van der Waals surface area contributed by atoms with Crippen LogP contribution in [-0.4, -0.2) is 24.7 Å². The van der Waals surface area contributed by atoms with Gasteiger partial charge in [0.1, 0.15) is 11.4 Å². The van der Waals surface area contributed by atoms with Crippen LogP contribution in [0.2, 0.25) is 0 Å². The number of unbranched alkanes of at least 4 members (excludes halogenated alkanes) is 2. The second-order valence-corrected chi connectivity index (χ2v) is 8.50. The monoisotopic (exact) mass is 390 g/mol. The van der Waals surface area contributed by atoms with Crippen LogP contribution in [0.5, 0.6) is 5.75 Å². The number of anilines is 1. The summed E-state index contributed by atoms with van der Waals surface area (Å²) in [6, 6.07) is 16.6. The van der Waals surface area contributed by atoms with E-state index < -0.39 is 5.66 Å². The predicted molar refractivity (Wildman–Crippen MR) is 118 cm³/mol. The number of carbonyl (C=O) groups is 1. The number of nitrogens with one attached hydrogen (secondary N) is 1. The number of carbonyl (C=O) groups excluding carboxylic acids is 1. The molecule has 2 heterocycles. The average molecular weight is 391 g/mol. The number of hydrogen-bond donors (Lipinski definition) is 1. The summed E-state index contributed by atoms with van der Waals surface area (Å²) in [5.41, 5.74) is 2.70. The highest BCUT2D eigenvalue weighted by atomic mass is 16.5. The summed E-state index contributed by atoms with van der Waals surface area (Å²) < 4.78 is 5.81. The maximum atomic E-state index is 12.4. The van der Waals surface area contributed by atoms with Crippen molar-refractivity contribution in [2.75, 3.05) is 18.1 Å². The highest BCUT2D eigenvalue weighted by Gasteiger charge is 2.59. The Morgan fingerprint density at radius 3 is 2.62 bits per heavy atom. The third kappa shape index (κ3) is 3.31. The molecule has 1 fully saturated rings. The second-order valence-electron chi connectivity index (χ2n) is 8.50. The van der Waals surface area contributed by atoms with E-state index in [4.69, 9.17) is 4.74 Å². The first-order valence-electron chi connectivity index (χ1n) is 10.6. The molecular formula is C25H30N2O2. The van der Waals surface area contributed by atoms with Crippen molar-refractivity contribution in [3.8, 4) is 5.75 Å². The summed E-state index contributed by atoms with van der Waals surface area (Å²) in [7, 11) is 0. The van der Waals surface area contributed by atoms with Crippen LogP contribution in [0.15, 0.2) is 54.6 Å². The molecule has 2 aliphatic rings. The van der Waals surface area contributed by atoms with Crippen LogP contribution in [0.4, 0.5) is 5.69 Å². The maximum absolute atomic E-state index is 12.4. The molecule has 0 bridgehead atoms. The predicted octanol–water partition coefficient (Wildman–Crippen LogP) is 4.89. The number of nitrogens with zero attached hydrogens (tertiary/aromatic N) is 1. The van der Waals surface area contributed by atoms with E-state index in [1.54, 1.807) is 0 Å². The molecule has 1 amide bonds. The van der Waals surface area contributed by atoms with Crippen molar-refractivity contribution in [2.45, 2.75) is 51.1 Å². The quantitative estimate of drug-likeness (QED) is 0.684. The molecule has 0 aliphatic carbocycles. The highest BCUT2D eigenvalue weighted by molar-refractivity contribution is 5.91. The molecule has 0 unspecified atom stereocenters. The lowest BCUT2D eigenvalue weighted by atomic mass is 9.75. The van der Waals surface area contributed by atoms with Gasteiger partial charge in [-0.25, -0.2) is 0 Å². The Balaban J connectivity index is 1.56. The SMILES string of the molecule is CCCCCOc1ccc(/C=C/[C@]23NC(=O)CN2c2ccccc2C3(C)C)cc1. The summed E-state index contributed by atoms with van der Waals surface area (Å²) >= 11 is 0. The van der Waals surface area contributed by atoms with Crippen LogP contribution in [0, 0.1) is 0 Å². The van der Waals surface area contributed by atoms with Crippen molar-refractivity contribution in [1.82, 2.24) is 5.32 Å². The van der Waals surface area contributed by atoms with Crippen LogP contribution in [0.3, 0.4) is 0 Å². The van der Waals surface area contributed by atoms with Gasteiger partial charge in [-0.2, -0.15) is 0 Å². The fourth-order valence-corrected chi connectivity index (χ4v) is 4.57. The average Bonchev–Trinajstić information content (AvgIpc) is 3.15. The summed E-state index contributed by atoms with van der Waals surface area (Å²) in [5, 5.41) is 3.26. The van der Waals surface area contributed by atoms with Gasteiger partial charge in [0, 0.05) is 11.1 Å². The van der Waals surface area contributed by atoms with Crippen molar-refractivity contribution in [3.63, 3.8) is 0 Å². The molecule has 1 atom stereocenters. The minimum atomic E-state index is -0.552. The molecule has 4 rings (SSSR count). The number of ether oxygens (including phenoxy) is 1. The lowest BCUT2D eigenvalue weighted by Gasteiger charge is -2.40. The minimum absolute atomic E-state index is 0.0630. The van der Waals surface area contributed by atoms with Crippen molar-refractivity contribution >= 4 is 17.7 Å². The second kappa shape index (κ2) is 7.58. The van der Waals surface area contributed by atoms with Gasteiger partial charge >= 0.3 is 0 Å². The lowest BCUT2D eigenvalue weighted by molar-refractivity contribution is -0.118. The van der Waals surface area contributed by atoms with Crippen LogP contribution < -0.4 is 15.0 Å². The highest BCUT2D eigenvalue weighted by Crippen LogP contribution is 2.52. The van der Waals surface area contributed by atoms with E-state index in [9.17, 15) is 4.79 Å². The van der Waals surface area contributed by atoms with Gasteiger partial charge in [-0.15, -0.1) is 0 Å². The zero-order chi connectivity index (χ0) is 20.5. The third-order valence-corrected chi connectivity index (χ3v) is 6.29. The van der Waals surface area contributed by atoms with Gasteiger partial charge in [0.2, 0.25) is 5.91 Å². The molecule has 29 heavy (non-hydrogen) atoms. The molecule has 2 aromatic rings. The van der Waals surface area contributed by atoms with Gasteiger partial charge < -0.3 is 15.0 Å². The Morgan fingerprint density at radius 1 is 1.10 bits per heavy atom. The van der Waals surface area contributed by atoms with Gasteiger partial charge in [0.15, 0.2) is 0 Å². The van der Waals surface area contributed by atoms with E-state index in [0.29, 0.717) is 6.54 Å². The van der Waals surface area contributed by atoms with Crippen molar-refractivity contribution in [3.05, 3.63) is 65.7 Å². The number of amides is 1. The van der Waals surface area contributed by atoms with Crippen LogP contribution >= 0.6 is 0 Å². The molecule has 152 valence electrons. The summed E-state index contributed by atoms with van der Waals surface area (Å²) in [6.07, 6.45) is 7.74. The van der Waals surface area contributed by atoms with Crippen LogP contribution in [-0.2, 0) is 10.2 Å². The van der Waals surface area contributed by atoms with Crippen LogP contribution in [0.25, 0.3) is 6.08 Å². The van der Waals surface area contributed by atoms with Crippen molar-refractivity contribution < 1.29 is 9.53 Å². The first-order valence-corrected chi connectivity index (χ1v) is 10.6. The summed E-state index contributed by atoms with van der Waals surface area (Å²) in [6.45, 7) is 7.75. The van der Waals surface area contributed by atoms with Gasteiger partial charge in [0.25, 0.3) is 0 Å². The van der Waals surface area contributed by atoms with E-state index >= 15 is 0 Å². The van der Waals surface area contributed by atoms with Gasteiger partial charge in [-0.1, -0.05) is 70.0 Å². The normalized spacial score (nSPS) is 21.9. The fraction of sp³-hybridized carbons (Fsp3) is 0.400. The van der Waals surface area contributed by atoms with E-state index in [1.165, 1.54) is 18.4 Å². The lowest BCUT2D eigenvalue weighted by Crippen LogP contribution is -2.58. The number of rotatable bonds is 7. The van der Waals surface area contributed by atoms with E-state index in [1.807, 2.05) is 18.2 Å². The van der Waals surface area contributed by atoms with E-state index in [2.05, 4.69) is 73.5 Å². The molecule has 0 radical (unpaired) electrons. The number of benzene rings is 2. The smallest absolute Gasteiger partial charge is 0.241 e. The maximum Gasteiger partial charge on any atom is 0.241 e.